The van der Waals surface area contributed by atoms with Crippen LogP contribution in [0.4, 0.5) is 0 Å². The first-order valence-electron chi connectivity index (χ1n) is 5.42. The first-order chi connectivity index (χ1) is 7.31. The number of fused-ring (bicyclic) bond motifs is 1. The number of aryl methyl sites for hydroxylation is 1. The molecule has 1 heterocycles. The summed E-state index contributed by atoms with van der Waals surface area (Å²) < 4.78 is 0.973. The van der Waals surface area contributed by atoms with E-state index in [1.807, 2.05) is 24.3 Å². The van der Waals surface area contributed by atoms with Crippen LogP contribution in [0.1, 0.15) is 25.3 Å². The highest BCUT2D eigenvalue weighted by atomic mass is 16.5. The van der Waals surface area contributed by atoms with Crippen molar-refractivity contribution < 1.29 is 4.73 Å². The van der Waals surface area contributed by atoms with Crippen molar-refractivity contribution in [2.24, 2.45) is 0 Å². The van der Waals surface area contributed by atoms with Gasteiger partial charge in [0.25, 0.3) is 0 Å². The molecule has 1 aromatic heterocycles. The molecule has 2 rings (SSSR count). The first kappa shape index (κ1) is 9.97. The minimum absolute atomic E-state index is 0.748. The van der Waals surface area contributed by atoms with Gasteiger partial charge in [-0.25, -0.2) is 0 Å². The lowest BCUT2D eigenvalue weighted by Gasteiger charge is -2.04. The van der Waals surface area contributed by atoms with E-state index in [4.69, 9.17) is 0 Å². The smallest absolute Gasteiger partial charge is 0.223 e. The molecule has 0 N–H and O–H groups in total. The molecule has 0 unspecified atom stereocenters. The zero-order valence-electron chi connectivity index (χ0n) is 8.94. The van der Waals surface area contributed by atoms with E-state index in [0.717, 1.165) is 40.5 Å². The van der Waals surface area contributed by atoms with Gasteiger partial charge in [-0.3, -0.25) is 0 Å². The second-order valence-electron chi connectivity index (χ2n) is 3.84. The van der Waals surface area contributed by atoms with Gasteiger partial charge in [0.1, 0.15) is 0 Å². The summed E-state index contributed by atoms with van der Waals surface area (Å²) in [7, 11) is 0. The molecule has 1 aromatic carbocycles. The van der Waals surface area contributed by atoms with Crippen molar-refractivity contribution in [3.63, 3.8) is 0 Å². The molecule has 2 aromatic rings. The number of benzene rings is 1. The molecular weight excluding hydrogens is 186 g/mol. The summed E-state index contributed by atoms with van der Waals surface area (Å²) >= 11 is 0. The van der Waals surface area contributed by atoms with Crippen molar-refractivity contribution in [3.05, 3.63) is 47.3 Å². The number of hydrogen-bond acceptors (Lipinski definition) is 1. The fraction of sp³-hybridized carbons (Fsp3) is 0.308. The lowest BCUT2D eigenvalue weighted by atomic mass is 10.1. The summed E-state index contributed by atoms with van der Waals surface area (Å²) in [5, 5.41) is 12.7. The van der Waals surface area contributed by atoms with E-state index in [1.54, 1.807) is 6.20 Å². The van der Waals surface area contributed by atoms with Crippen LogP contribution in [0.25, 0.3) is 10.9 Å². The maximum atomic E-state index is 11.7. The fourth-order valence-corrected chi connectivity index (χ4v) is 1.79. The molecule has 0 aliphatic carbocycles. The normalized spacial score (nSPS) is 10.7. The van der Waals surface area contributed by atoms with Crippen molar-refractivity contribution in [1.29, 1.82) is 0 Å². The Bertz CT molecular complexity index is 465. The van der Waals surface area contributed by atoms with Gasteiger partial charge in [-0.15, -0.1) is 0 Å². The third-order valence-corrected chi connectivity index (χ3v) is 2.62. The first-order valence-corrected chi connectivity index (χ1v) is 5.42. The number of unbranched alkanes of at least 4 members (excludes halogenated alkanes) is 1. The van der Waals surface area contributed by atoms with Gasteiger partial charge in [0.15, 0.2) is 6.20 Å². The minimum Gasteiger partial charge on any atom is -0.618 e. The molecular formula is C13H15NO. The molecule has 0 bridgehead atoms. The van der Waals surface area contributed by atoms with Gasteiger partial charge < -0.3 is 5.21 Å². The van der Waals surface area contributed by atoms with Gasteiger partial charge in [0.05, 0.1) is 0 Å². The van der Waals surface area contributed by atoms with Crippen LogP contribution in [0.2, 0.25) is 0 Å². The van der Waals surface area contributed by atoms with Crippen LogP contribution in [0.15, 0.2) is 36.5 Å². The molecule has 15 heavy (non-hydrogen) atoms. The third-order valence-electron chi connectivity index (χ3n) is 2.62. The van der Waals surface area contributed by atoms with E-state index in [1.165, 1.54) is 0 Å². The zero-order chi connectivity index (χ0) is 10.7. The third kappa shape index (κ3) is 2.09. The Kier molecular flexibility index (Phi) is 2.86. The van der Waals surface area contributed by atoms with Crippen molar-refractivity contribution in [2.45, 2.75) is 26.2 Å². The van der Waals surface area contributed by atoms with Gasteiger partial charge in [-0.1, -0.05) is 25.5 Å². The van der Waals surface area contributed by atoms with E-state index in [2.05, 4.69) is 13.0 Å². The quantitative estimate of drug-likeness (QED) is 0.554. The second-order valence-corrected chi connectivity index (χ2v) is 3.84. The Morgan fingerprint density at radius 1 is 1.27 bits per heavy atom. The fourth-order valence-electron chi connectivity index (χ4n) is 1.79. The summed E-state index contributed by atoms with van der Waals surface area (Å²) in [5.41, 5.74) is 1.88. The Labute approximate surface area is 89.8 Å². The van der Waals surface area contributed by atoms with Crippen LogP contribution in [0.5, 0.6) is 0 Å². The number of hydrogen-bond donors (Lipinski definition) is 0. The molecule has 0 radical (unpaired) electrons. The zero-order valence-corrected chi connectivity index (χ0v) is 8.94. The van der Waals surface area contributed by atoms with Crippen molar-refractivity contribution in [3.8, 4) is 0 Å². The Hall–Kier alpha value is -1.57. The molecule has 0 saturated heterocycles. The van der Waals surface area contributed by atoms with Crippen LogP contribution in [-0.4, -0.2) is 0 Å². The maximum Gasteiger partial charge on any atom is 0.223 e. The van der Waals surface area contributed by atoms with E-state index in [0.29, 0.717) is 0 Å². The summed E-state index contributed by atoms with van der Waals surface area (Å²) in [6, 6.07) is 9.80. The van der Waals surface area contributed by atoms with Crippen molar-refractivity contribution >= 4 is 10.9 Å². The Morgan fingerprint density at radius 3 is 2.87 bits per heavy atom. The van der Waals surface area contributed by atoms with Gasteiger partial charge in [-0.05, 0) is 25.0 Å². The average Bonchev–Trinajstić information content (AvgIpc) is 2.26. The van der Waals surface area contributed by atoms with Gasteiger partial charge in [0, 0.05) is 17.0 Å². The predicted octanol–water partition coefficient (Wildman–Crippen LogP) is 2.82. The van der Waals surface area contributed by atoms with Crippen LogP contribution in [0, 0.1) is 5.21 Å². The molecule has 0 aliphatic rings. The van der Waals surface area contributed by atoms with E-state index < -0.39 is 0 Å². The summed E-state index contributed by atoms with van der Waals surface area (Å²) in [5.74, 6) is 0. The van der Waals surface area contributed by atoms with Crippen LogP contribution >= 0.6 is 0 Å². The molecule has 0 atom stereocenters. The molecule has 0 aliphatic heterocycles. The summed E-state index contributed by atoms with van der Waals surface area (Å²) in [4.78, 5) is 0. The van der Waals surface area contributed by atoms with Gasteiger partial charge >= 0.3 is 0 Å². The van der Waals surface area contributed by atoms with Gasteiger partial charge in [-0.2, -0.15) is 4.73 Å². The average molecular weight is 201 g/mol. The molecule has 2 heteroatoms. The second kappa shape index (κ2) is 4.30. The predicted molar refractivity (Wildman–Crippen MR) is 61.5 cm³/mol. The molecule has 0 amide bonds. The molecule has 0 fully saturated rings. The number of pyridine rings is 1. The molecule has 0 saturated carbocycles. The van der Waals surface area contributed by atoms with Crippen molar-refractivity contribution in [2.75, 3.05) is 0 Å². The van der Waals surface area contributed by atoms with E-state index in [-0.39, 0.29) is 0 Å². The highest BCUT2D eigenvalue weighted by Gasteiger charge is 2.05. The Morgan fingerprint density at radius 2 is 2.07 bits per heavy atom. The minimum atomic E-state index is 0.748. The van der Waals surface area contributed by atoms with Crippen LogP contribution in [-0.2, 0) is 6.42 Å². The van der Waals surface area contributed by atoms with Gasteiger partial charge in [0.2, 0.25) is 5.52 Å². The number of para-hydroxylation sites is 1. The molecule has 0 spiro atoms. The van der Waals surface area contributed by atoms with Crippen LogP contribution in [0.3, 0.4) is 0 Å². The summed E-state index contributed by atoms with van der Waals surface area (Å²) in [6.45, 7) is 2.16. The highest BCUT2D eigenvalue weighted by Crippen LogP contribution is 2.12. The van der Waals surface area contributed by atoms with Crippen LogP contribution < -0.4 is 4.73 Å². The molecule has 78 valence electrons. The lowest BCUT2D eigenvalue weighted by molar-refractivity contribution is -0.577. The topological polar surface area (TPSA) is 26.9 Å². The Balaban J connectivity index is 2.43. The maximum absolute atomic E-state index is 11.7. The standard InChI is InChI=1S/C13H15NO/c1-2-3-6-11-9-12-7-4-5-8-13(12)14(15)10-11/h4-5,7-10H,2-3,6H2,1H3. The lowest BCUT2D eigenvalue weighted by Crippen LogP contribution is -2.27. The largest absolute Gasteiger partial charge is 0.618 e. The molecule has 2 nitrogen and oxygen atoms in total. The summed E-state index contributed by atoms with van der Waals surface area (Å²) in [6.07, 6.45) is 4.98. The highest BCUT2D eigenvalue weighted by molar-refractivity contribution is 5.75. The number of rotatable bonds is 3. The monoisotopic (exact) mass is 201 g/mol. The van der Waals surface area contributed by atoms with E-state index >= 15 is 0 Å². The SMILES string of the molecule is CCCCc1cc2ccccc2[n+]([O-])c1. The number of nitrogens with zero attached hydrogens (tertiary/aromatic N) is 1. The number of aromatic nitrogens is 1. The van der Waals surface area contributed by atoms with E-state index in [9.17, 15) is 5.21 Å². The van der Waals surface area contributed by atoms with Crippen molar-refractivity contribution in [1.82, 2.24) is 0 Å².